The molecule has 0 radical (unpaired) electrons. The van der Waals surface area contributed by atoms with E-state index in [4.69, 9.17) is 0 Å². The number of fused-ring (bicyclic) bond motifs is 1. The smallest absolute Gasteiger partial charge is 0.258 e. The fourth-order valence-corrected chi connectivity index (χ4v) is 2.67. The van der Waals surface area contributed by atoms with E-state index in [0.717, 1.165) is 0 Å². The van der Waals surface area contributed by atoms with Gasteiger partial charge in [0.15, 0.2) is 0 Å². The third-order valence-corrected chi connectivity index (χ3v) is 4.22. The monoisotopic (exact) mass is 311 g/mol. The van der Waals surface area contributed by atoms with Gasteiger partial charge in [0.05, 0.1) is 23.0 Å². The lowest BCUT2D eigenvalue weighted by molar-refractivity contribution is 0.337. The number of para-hydroxylation sites is 1. The van der Waals surface area contributed by atoms with Crippen molar-refractivity contribution in [2.45, 2.75) is 38.9 Å². The molecule has 1 aromatic carbocycles. The minimum absolute atomic E-state index is 0.0691. The van der Waals surface area contributed by atoms with Gasteiger partial charge >= 0.3 is 0 Å². The van der Waals surface area contributed by atoms with Crippen LogP contribution in [0.1, 0.15) is 38.7 Å². The number of benzene rings is 1. The number of rotatable bonds is 5. The van der Waals surface area contributed by atoms with Gasteiger partial charge in [-0.3, -0.25) is 9.48 Å². The van der Waals surface area contributed by atoms with Crippen LogP contribution in [-0.4, -0.2) is 25.8 Å². The van der Waals surface area contributed by atoms with Crippen LogP contribution >= 0.6 is 0 Å². The normalized spacial score (nSPS) is 15.4. The summed E-state index contributed by atoms with van der Waals surface area (Å²) >= 11 is 0. The van der Waals surface area contributed by atoms with Gasteiger partial charge in [-0.25, -0.2) is 4.98 Å². The maximum absolute atomic E-state index is 12.2. The maximum atomic E-state index is 12.2. The Morgan fingerprint density at radius 3 is 2.70 bits per heavy atom. The Kier molecular flexibility index (Phi) is 4.25. The average molecular weight is 311 g/mol. The van der Waals surface area contributed by atoms with Crippen LogP contribution in [0.3, 0.4) is 0 Å². The SMILES string of the molecule is C[C@H](N[C@@H](C)[C@H](C)n1cccn1)c1nc2ccccc2c(=O)[nH]1. The van der Waals surface area contributed by atoms with E-state index in [0.29, 0.717) is 16.7 Å². The van der Waals surface area contributed by atoms with Crippen LogP contribution in [0.5, 0.6) is 0 Å². The van der Waals surface area contributed by atoms with Crippen LogP contribution in [0.25, 0.3) is 10.9 Å². The Bertz CT molecular complexity index is 840. The Labute approximate surface area is 134 Å². The average Bonchev–Trinajstić information content (AvgIpc) is 3.08. The van der Waals surface area contributed by atoms with E-state index in [9.17, 15) is 4.79 Å². The summed E-state index contributed by atoms with van der Waals surface area (Å²) in [6.07, 6.45) is 3.72. The first-order valence-corrected chi connectivity index (χ1v) is 7.80. The molecule has 0 bridgehead atoms. The van der Waals surface area contributed by atoms with E-state index in [1.165, 1.54) is 0 Å². The molecule has 0 fully saturated rings. The molecule has 2 aromatic heterocycles. The minimum atomic E-state index is -0.105. The predicted octanol–water partition coefficient (Wildman–Crippen LogP) is 2.42. The number of H-pyrrole nitrogens is 1. The van der Waals surface area contributed by atoms with Gasteiger partial charge in [-0.1, -0.05) is 12.1 Å². The molecule has 120 valence electrons. The summed E-state index contributed by atoms with van der Waals surface area (Å²) in [6, 6.07) is 9.58. The van der Waals surface area contributed by atoms with Crippen LogP contribution in [0.15, 0.2) is 47.5 Å². The van der Waals surface area contributed by atoms with Crippen molar-refractivity contribution in [3.05, 3.63) is 58.9 Å². The molecule has 6 heteroatoms. The second-order valence-corrected chi connectivity index (χ2v) is 5.87. The maximum Gasteiger partial charge on any atom is 0.258 e. The van der Waals surface area contributed by atoms with Gasteiger partial charge in [-0.15, -0.1) is 0 Å². The van der Waals surface area contributed by atoms with Gasteiger partial charge in [0.1, 0.15) is 5.82 Å². The molecule has 0 spiro atoms. The molecule has 0 saturated heterocycles. The Morgan fingerprint density at radius 2 is 1.96 bits per heavy atom. The number of hydrogen-bond donors (Lipinski definition) is 2. The van der Waals surface area contributed by atoms with Crippen molar-refractivity contribution in [3.8, 4) is 0 Å². The molecule has 3 atom stereocenters. The molecule has 0 saturated carbocycles. The molecule has 0 aliphatic carbocycles. The lowest BCUT2D eigenvalue weighted by Gasteiger charge is -2.25. The first-order valence-electron chi connectivity index (χ1n) is 7.80. The topological polar surface area (TPSA) is 75.6 Å². The van der Waals surface area contributed by atoms with Crippen LogP contribution in [-0.2, 0) is 0 Å². The van der Waals surface area contributed by atoms with Crippen molar-refractivity contribution in [1.29, 1.82) is 0 Å². The number of nitrogens with zero attached hydrogens (tertiary/aromatic N) is 3. The van der Waals surface area contributed by atoms with Crippen molar-refractivity contribution in [3.63, 3.8) is 0 Å². The second-order valence-electron chi connectivity index (χ2n) is 5.87. The van der Waals surface area contributed by atoms with Gasteiger partial charge in [0.25, 0.3) is 5.56 Å². The highest BCUT2D eigenvalue weighted by atomic mass is 16.1. The third kappa shape index (κ3) is 3.17. The van der Waals surface area contributed by atoms with Crippen molar-refractivity contribution >= 4 is 10.9 Å². The van der Waals surface area contributed by atoms with Gasteiger partial charge in [-0.05, 0) is 39.0 Å². The van der Waals surface area contributed by atoms with Crippen LogP contribution in [0, 0.1) is 0 Å². The Morgan fingerprint density at radius 1 is 1.17 bits per heavy atom. The van der Waals surface area contributed by atoms with Crippen LogP contribution < -0.4 is 10.9 Å². The third-order valence-electron chi connectivity index (χ3n) is 4.22. The summed E-state index contributed by atoms with van der Waals surface area (Å²) in [6.45, 7) is 6.20. The molecule has 0 aliphatic heterocycles. The highest BCUT2D eigenvalue weighted by Crippen LogP contribution is 2.15. The first kappa shape index (κ1) is 15.4. The molecule has 6 nitrogen and oxygen atoms in total. The molecule has 0 amide bonds. The lowest BCUT2D eigenvalue weighted by Crippen LogP contribution is -2.36. The summed E-state index contributed by atoms with van der Waals surface area (Å²) in [7, 11) is 0. The standard InChI is InChI=1S/C17H21N5O/c1-11(13(3)22-10-6-9-18-22)19-12(2)16-20-15-8-5-4-7-14(15)17(23)21-16/h4-13,19H,1-3H3,(H,20,21,23)/t11-,12-,13-/m0/s1. The molecule has 23 heavy (non-hydrogen) atoms. The minimum Gasteiger partial charge on any atom is -0.309 e. The van der Waals surface area contributed by atoms with Crippen LogP contribution in [0.4, 0.5) is 0 Å². The summed E-state index contributed by atoms with van der Waals surface area (Å²) in [5.41, 5.74) is 0.611. The molecule has 2 N–H and O–H groups in total. The summed E-state index contributed by atoms with van der Waals surface area (Å²) in [4.78, 5) is 19.6. The van der Waals surface area contributed by atoms with Gasteiger partial charge < -0.3 is 10.3 Å². The molecule has 2 heterocycles. The highest BCUT2D eigenvalue weighted by molar-refractivity contribution is 5.77. The Hall–Kier alpha value is -2.47. The molecular weight excluding hydrogens is 290 g/mol. The van der Waals surface area contributed by atoms with E-state index in [2.05, 4.69) is 34.2 Å². The van der Waals surface area contributed by atoms with E-state index in [-0.39, 0.29) is 23.7 Å². The molecule has 0 aliphatic rings. The quantitative estimate of drug-likeness (QED) is 0.759. The number of aromatic amines is 1. The van der Waals surface area contributed by atoms with E-state index in [1.807, 2.05) is 42.1 Å². The zero-order chi connectivity index (χ0) is 16.4. The molecule has 0 unspecified atom stereocenters. The molecule has 3 rings (SSSR count). The van der Waals surface area contributed by atoms with Crippen molar-refractivity contribution in [1.82, 2.24) is 25.1 Å². The van der Waals surface area contributed by atoms with Gasteiger partial charge in [0.2, 0.25) is 0 Å². The van der Waals surface area contributed by atoms with E-state index < -0.39 is 0 Å². The molecular formula is C17H21N5O. The van der Waals surface area contributed by atoms with Crippen molar-refractivity contribution in [2.24, 2.45) is 0 Å². The number of aromatic nitrogens is 4. The largest absolute Gasteiger partial charge is 0.309 e. The molecule has 3 aromatic rings. The Balaban J connectivity index is 1.80. The lowest BCUT2D eigenvalue weighted by atomic mass is 10.1. The van der Waals surface area contributed by atoms with Crippen molar-refractivity contribution in [2.75, 3.05) is 0 Å². The summed E-state index contributed by atoms with van der Waals surface area (Å²) in [5.74, 6) is 0.646. The fraction of sp³-hybridized carbons (Fsp3) is 0.353. The summed E-state index contributed by atoms with van der Waals surface area (Å²) < 4.78 is 1.92. The van der Waals surface area contributed by atoms with E-state index >= 15 is 0 Å². The van der Waals surface area contributed by atoms with E-state index in [1.54, 1.807) is 12.3 Å². The number of hydrogen-bond acceptors (Lipinski definition) is 4. The summed E-state index contributed by atoms with van der Waals surface area (Å²) in [5, 5.41) is 8.37. The fourth-order valence-electron chi connectivity index (χ4n) is 2.67. The van der Waals surface area contributed by atoms with Crippen LogP contribution in [0.2, 0.25) is 0 Å². The number of nitrogens with one attached hydrogen (secondary N) is 2. The van der Waals surface area contributed by atoms with Crippen molar-refractivity contribution < 1.29 is 0 Å². The second kappa shape index (κ2) is 6.34. The first-order chi connectivity index (χ1) is 11.1. The zero-order valence-corrected chi connectivity index (χ0v) is 13.5. The predicted molar refractivity (Wildman–Crippen MR) is 90.3 cm³/mol. The zero-order valence-electron chi connectivity index (χ0n) is 13.5. The van der Waals surface area contributed by atoms with Gasteiger partial charge in [-0.2, -0.15) is 5.10 Å². The van der Waals surface area contributed by atoms with Gasteiger partial charge in [0, 0.05) is 18.4 Å². The highest BCUT2D eigenvalue weighted by Gasteiger charge is 2.18.